The molecule has 0 atom stereocenters. The molecule has 1 aromatic rings. The highest BCUT2D eigenvalue weighted by Gasteiger charge is 2.30. The molecule has 1 aliphatic carbocycles. The van der Waals surface area contributed by atoms with Crippen molar-refractivity contribution in [1.29, 1.82) is 0 Å². The second-order valence-corrected chi connectivity index (χ2v) is 5.35. The van der Waals surface area contributed by atoms with Crippen LogP contribution in [0.3, 0.4) is 0 Å². The fourth-order valence-electron chi connectivity index (χ4n) is 2.15. The molecule has 4 heteroatoms. The molecule has 0 unspecified atom stereocenters. The lowest BCUT2D eigenvalue weighted by Crippen LogP contribution is -2.30. The van der Waals surface area contributed by atoms with Gasteiger partial charge in [0, 0.05) is 24.0 Å². The number of hydrogen-bond acceptors (Lipinski definition) is 3. The summed E-state index contributed by atoms with van der Waals surface area (Å²) >= 11 is 0. The van der Waals surface area contributed by atoms with E-state index in [0.717, 1.165) is 12.2 Å². The molecule has 1 aromatic carbocycles. The fraction of sp³-hybridized carbons (Fsp3) is 0.500. The van der Waals surface area contributed by atoms with Gasteiger partial charge in [0.15, 0.2) is 0 Å². The van der Waals surface area contributed by atoms with Gasteiger partial charge in [-0.2, -0.15) is 0 Å². The van der Waals surface area contributed by atoms with Gasteiger partial charge in [0.25, 0.3) is 0 Å². The zero-order valence-corrected chi connectivity index (χ0v) is 10.9. The number of rotatable bonds is 5. The molecule has 0 bridgehead atoms. The number of aromatic carboxylic acids is 1. The van der Waals surface area contributed by atoms with E-state index >= 15 is 0 Å². The summed E-state index contributed by atoms with van der Waals surface area (Å²) in [7, 11) is 0. The van der Waals surface area contributed by atoms with Crippen LogP contribution in [-0.4, -0.2) is 23.7 Å². The molecule has 0 amide bonds. The third kappa shape index (κ3) is 2.75. The van der Waals surface area contributed by atoms with Gasteiger partial charge in [0.1, 0.15) is 0 Å². The van der Waals surface area contributed by atoms with Crippen molar-refractivity contribution in [2.45, 2.75) is 32.7 Å². The number of nitrogens with zero attached hydrogens (tertiary/aromatic N) is 1. The van der Waals surface area contributed by atoms with Gasteiger partial charge in [-0.1, -0.05) is 13.8 Å². The average molecular weight is 248 g/mol. The molecule has 0 aliphatic heterocycles. The van der Waals surface area contributed by atoms with E-state index in [4.69, 9.17) is 10.8 Å². The Bertz CT molecular complexity index is 453. The van der Waals surface area contributed by atoms with Crippen LogP contribution in [0.4, 0.5) is 11.4 Å². The van der Waals surface area contributed by atoms with Gasteiger partial charge >= 0.3 is 5.97 Å². The van der Waals surface area contributed by atoms with Gasteiger partial charge in [-0.25, -0.2) is 4.79 Å². The first-order valence-corrected chi connectivity index (χ1v) is 6.38. The van der Waals surface area contributed by atoms with Crippen LogP contribution < -0.4 is 10.6 Å². The van der Waals surface area contributed by atoms with E-state index in [-0.39, 0.29) is 5.56 Å². The quantitative estimate of drug-likeness (QED) is 0.786. The topological polar surface area (TPSA) is 66.6 Å². The normalized spacial score (nSPS) is 14.8. The smallest absolute Gasteiger partial charge is 0.337 e. The Kier molecular flexibility index (Phi) is 3.45. The van der Waals surface area contributed by atoms with Crippen molar-refractivity contribution in [2.24, 2.45) is 5.92 Å². The molecule has 1 aliphatic rings. The third-order valence-corrected chi connectivity index (χ3v) is 3.15. The van der Waals surface area contributed by atoms with E-state index < -0.39 is 5.97 Å². The molecule has 4 nitrogen and oxygen atoms in total. The lowest BCUT2D eigenvalue weighted by molar-refractivity contribution is 0.0698. The molecule has 2 rings (SSSR count). The molecule has 0 radical (unpaired) electrons. The van der Waals surface area contributed by atoms with E-state index in [1.165, 1.54) is 12.8 Å². The van der Waals surface area contributed by atoms with Gasteiger partial charge in [-0.15, -0.1) is 0 Å². The summed E-state index contributed by atoms with van der Waals surface area (Å²) in [6, 6.07) is 5.87. The van der Waals surface area contributed by atoms with E-state index in [2.05, 4.69) is 18.7 Å². The highest BCUT2D eigenvalue weighted by molar-refractivity contribution is 5.94. The van der Waals surface area contributed by atoms with E-state index in [1.807, 2.05) is 6.07 Å². The van der Waals surface area contributed by atoms with Crippen LogP contribution >= 0.6 is 0 Å². The van der Waals surface area contributed by atoms with Crippen molar-refractivity contribution in [3.05, 3.63) is 23.8 Å². The van der Waals surface area contributed by atoms with E-state index in [1.54, 1.807) is 12.1 Å². The number of nitrogens with two attached hydrogens (primary N) is 1. The molecule has 0 aromatic heterocycles. The van der Waals surface area contributed by atoms with Crippen molar-refractivity contribution in [3.8, 4) is 0 Å². The molecule has 0 saturated heterocycles. The van der Waals surface area contributed by atoms with Crippen molar-refractivity contribution in [2.75, 3.05) is 17.2 Å². The Morgan fingerprint density at radius 3 is 2.67 bits per heavy atom. The first-order valence-electron chi connectivity index (χ1n) is 6.38. The van der Waals surface area contributed by atoms with Crippen LogP contribution in [0.15, 0.2) is 18.2 Å². The number of anilines is 2. The Morgan fingerprint density at radius 1 is 1.50 bits per heavy atom. The number of hydrogen-bond donors (Lipinski definition) is 2. The highest BCUT2D eigenvalue weighted by Crippen LogP contribution is 2.33. The minimum Gasteiger partial charge on any atom is -0.478 e. The van der Waals surface area contributed by atoms with E-state index in [9.17, 15) is 4.79 Å². The molecule has 1 fully saturated rings. The lowest BCUT2D eigenvalue weighted by Gasteiger charge is -2.27. The van der Waals surface area contributed by atoms with Crippen molar-refractivity contribution in [1.82, 2.24) is 0 Å². The van der Waals surface area contributed by atoms with Crippen LogP contribution in [0, 0.1) is 5.92 Å². The summed E-state index contributed by atoms with van der Waals surface area (Å²) in [5, 5.41) is 9.11. The highest BCUT2D eigenvalue weighted by atomic mass is 16.4. The van der Waals surface area contributed by atoms with Crippen molar-refractivity contribution < 1.29 is 9.90 Å². The predicted molar refractivity (Wildman–Crippen MR) is 73.0 cm³/mol. The summed E-state index contributed by atoms with van der Waals surface area (Å²) < 4.78 is 0. The summed E-state index contributed by atoms with van der Waals surface area (Å²) in [5.74, 6) is -0.411. The molecule has 1 saturated carbocycles. The predicted octanol–water partition coefficient (Wildman–Crippen LogP) is 2.59. The van der Waals surface area contributed by atoms with Crippen molar-refractivity contribution in [3.63, 3.8) is 0 Å². The zero-order chi connectivity index (χ0) is 13.3. The Hall–Kier alpha value is -1.71. The van der Waals surface area contributed by atoms with Gasteiger partial charge in [-0.05, 0) is 37.0 Å². The fourth-order valence-corrected chi connectivity index (χ4v) is 2.15. The molecule has 98 valence electrons. The average Bonchev–Trinajstić information content (AvgIpc) is 3.10. The molecule has 0 spiro atoms. The third-order valence-electron chi connectivity index (χ3n) is 3.15. The number of benzene rings is 1. The van der Waals surface area contributed by atoms with Crippen LogP contribution in [0.25, 0.3) is 0 Å². The van der Waals surface area contributed by atoms with Crippen LogP contribution in [0.1, 0.15) is 37.0 Å². The molecule has 0 heterocycles. The van der Waals surface area contributed by atoms with Gasteiger partial charge in [0.2, 0.25) is 0 Å². The maximum atomic E-state index is 11.1. The van der Waals surface area contributed by atoms with E-state index in [0.29, 0.717) is 17.6 Å². The summed E-state index contributed by atoms with van der Waals surface area (Å²) in [6.07, 6.45) is 2.39. The first-order chi connectivity index (χ1) is 8.49. The largest absolute Gasteiger partial charge is 0.478 e. The number of carbonyl (C=O) groups is 1. The minimum atomic E-state index is -0.963. The second kappa shape index (κ2) is 4.88. The molecule has 3 N–H and O–H groups in total. The van der Waals surface area contributed by atoms with Gasteiger partial charge < -0.3 is 15.7 Å². The standard InChI is InChI=1S/C14H20N2O2/c1-9(2)8-16(10-3-4-10)11-5-6-13(15)12(7-11)14(17)18/h5-7,9-10H,3-4,8,15H2,1-2H3,(H,17,18). The van der Waals surface area contributed by atoms with Crippen molar-refractivity contribution >= 4 is 17.3 Å². The SMILES string of the molecule is CC(C)CN(c1ccc(N)c(C(=O)O)c1)C1CC1. The number of carboxylic acids is 1. The summed E-state index contributed by atoms with van der Waals surface area (Å²) in [4.78, 5) is 13.4. The monoisotopic (exact) mass is 248 g/mol. The number of carboxylic acid groups (broad SMARTS) is 1. The maximum Gasteiger partial charge on any atom is 0.337 e. The lowest BCUT2D eigenvalue weighted by atomic mass is 10.1. The zero-order valence-electron chi connectivity index (χ0n) is 10.9. The Labute approximate surface area is 107 Å². The van der Waals surface area contributed by atoms with Crippen LogP contribution in [0.5, 0.6) is 0 Å². The Balaban J connectivity index is 2.29. The molecular formula is C14H20N2O2. The van der Waals surface area contributed by atoms with Gasteiger partial charge in [-0.3, -0.25) is 0 Å². The minimum absolute atomic E-state index is 0.196. The van der Waals surface area contributed by atoms with Crippen LogP contribution in [0.2, 0.25) is 0 Å². The molecule has 18 heavy (non-hydrogen) atoms. The summed E-state index contributed by atoms with van der Waals surface area (Å²) in [6.45, 7) is 5.29. The summed E-state index contributed by atoms with van der Waals surface area (Å²) in [5.41, 5.74) is 7.18. The number of nitrogen functional groups attached to an aromatic ring is 1. The second-order valence-electron chi connectivity index (χ2n) is 5.35. The molecular weight excluding hydrogens is 228 g/mol. The van der Waals surface area contributed by atoms with Crippen LogP contribution in [-0.2, 0) is 0 Å². The Morgan fingerprint density at radius 2 is 2.17 bits per heavy atom. The maximum absolute atomic E-state index is 11.1. The van der Waals surface area contributed by atoms with Gasteiger partial charge in [0.05, 0.1) is 5.56 Å². The first kappa shape index (κ1) is 12.7.